The van der Waals surface area contributed by atoms with Crippen LogP contribution in [-0.2, 0) is 9.47 Å². The largest absolute Gasteiger partial charge is 0.494 e. The summed E-state index contributed by atoms with van der Waals surface area (Å²) >= 11 is 0. The van der Waals surface area contributed by atoms with Gasteiger partial charge in [-0.05, 0) is 25.0 Å². The molecule has 0 saturated heterocycles. The number of allylic oxidation sites excluding steroid dienone is 2. The van der Waals surface area contributed by atoms with Crippen LogP contribution in [0.15, 0.2) is 49.5 Å². The highest BCUT2D eigenvalue weighted by Gasteiger charge is 1.90. The highest BCUT2D eigenvalue weighted by Crippen LogP contribution is 2.02. The molecule has 0 heterocycles. The van der Waals surface area contributed by atoms with Gasteiger partial charge < -0.3 is 14.6 Å². The predicted octanol–water partition coefficient (Wildman–Crippen LogP) is 3.16. The van der Waals surface area contributed by atoms with Crippen molar-refractivity contribution in [3.05, 3.63) is 49.5 Å². The fourth-order valence-electron chi connectivity index (χ4n) is 0.493. The maximum absolute atomic E-state index is 8.16. The zero-order valence-corrected chi connectivity index (χ0v) is 10.3. The Morgan fingerprint density at radius 2 is 1.81 bits per heavy atom. The summed E-state index contributed by atoms with van der Waals surface area (Å²) in [7, 11) is 0. The van der Waals surface area contributed by atoms with Crippen LogP contribution in [0.25, 0.3) is 0 Å². The van der Waals surface area contributed by atoms with Gasteiger partial charge >= 0.3 is 0 Å². The van der Waals surface area contributed by atoms with Gasteiger partial charge in [0, 0.05) is 0 Å². The van der Waals surface area contributed by atoms with E-state index in [1.807, 2.05) is 0 Å². The highest BCUT2D eigenvalue weighted by molar-refractivity contribution is 5.15. The zero-order chi connectivity index (χ0) is 13.0. The minimum absolute atomic E-state index is 0.328. The molecule has 0 aromatic rings. The summed E-state index contributed by atoms with van der Waals surface area (Å²) in [5.41, 5.74) is 0.735. The quantitative estimate of drug-likeness (QED) is 0.412. The van der Waals surface area contributed by atoms with Crippen LogP contribution in [0.2, 0.25) is 0 Å². The van der Waals surface area contributed by atoms with E-state index in [2.05, 4.69) is 38.0 Å². The fourth-order valence-corrected chi connectivity index (χ4v) is 0.493. The molecule has 1 N–H and O–H groups in total. The standard InChI is InChI=1S/C7H12O.C6H10O2/c1-4-6-8-7(3)5-2;1-5(2)6(3)8-4-7/h5H,2-4,6H2,1H3;7H,1,3-4H2,2H3. The van der Waals surface area contributed by atoms with Gasteiger partial charge in [-0.3, -0.25) is 0 Å². The van der Waals surface area contributed by atoms with Crippen LogP contribution in [-0.4, -0.2) is 18.5 Å². The lowest BCUT2D eigenvalue weighted by Gasteiger charge is -2.02. The molecule has 0 atom stereocenters. The molecule has 0 fully saturated rings. The van der Waals surface area contributed by atoms with E-state index in [0.29, 0.717) is 11.5 Å². The Kier molecular flexibility index (Phi) is 12.3. The highest BCUT2D eigenvalue weighted by atomic mass is 16.6. The molecule has 0 aromatic heterocycles. The number of ether oxygens (including phenoxy) is 2. The summed E-state index contributed by atoms with van der Waals surface area (Å²) < 4.78 is 9.59. The lowest BCUT2D eigenvalue weighted by atomic mass is 10.3. The maximum Gasteiger partial charge on any atom is 0.186 e. The van der Waals surface area contributed by atoms with E-state index >= 15 is 0 Å². The molecule has 0 saturated carbocycles. The van der Waals surface area contributed by atoms with E-state index in [4.69, 9.17) is 9.84 Å². The molecular formula is C13H22O3. The summed E-state index contributed by atoms with van der Waals surface area (Å²) in [6, 6.07) is 0. The molecular weight excluding hydrogens is 204 g/mol. The van der Waals surface area contributed by atoms with Gasteiger partial charge in [-0.15, -0.1) is 0 Å². The molecule has 0 unspecified atom stereocenters. The second-order valence-electron chi connectivity index (χ2n) is 3.00. The average molecular weight is 226 g/mol. The fraction of sp³-hybridized carbons (Fsp3) is 0.385. The number of aliphatic hydroxyl groups excluding tert-OH is 1. The molecule has 0 aliphatic rings. The van der Waals surface area contributed by atoms with Gasteiger partial charge in [-0.2, -0.15) is 0 Å². The Balaban J connectivity index is 0. The first-order chi connectivity index (χ1) is 7.49. The van der Waals surface area contributed by atoms with Crippen molar-refractivity contribution in [3.8, 4) is 0 Å². The number of rotatable bonds is 7. The lowest BCUT2D eigenvalue weighted by Crippen LogP contribution is -1.91. The lowest BCUT2D eigenvalue weighted by molar-refractivity contribution is 0.0468. The first-order valence-electron chi connectivity index (χ1n) is 5.02. The van der Waals surface area contributed by atoms with E-state index < -0.39 is 0 Å². The van der Waals surface area contributed by atoms with Crippen LogP contribution in [0.3, 0.4) is 0 Å². The van der Waals surface area contributed by atoms with Crippen LogP contribution in [0, 0.1) is 0 Å². The first kappa shape index (κ1) is 16.9. The predicted molar refractivity (Wildman–Crippen MR) is 67.7 cm³/mol. The van der Waals surface area contributed by atoms with Crippen molar-refractivity contribution in [2.75, 3.05) is 13.4 Å². The van der Waals surface area contributed by atoms with E-state index in [-0.39, 0.29) is 6.79 Å². The van der Waals surface area contributed by atoms with E-state index in [1.54, 1.807) is 13.0 Å². The number of aliphatic hydroxyl groups is 1. The monoisotopic (exact) mass is 226 g/mol. The van der Waals surface area contributed by atoms with E-state index in [1.165, 1.54) is 0 Å². The normalized spacial score (nSPS) is 8.19. The summed E-state index contributed by atoms with van der Waals surface area (Å²) in [6.07, 6.45) is 2.63. The molecule has 0 aromatic carbocycles. The zero-order valence-electron chi connectivity index (χ0n) is 10.3. The third kappa shape index (κ3) is 12.5. The molecule has 0 amide bonds. The van der Waals surface area contributed by atoms with Gasteiger partial charge in [-0.25, -0.2) is 0 Å². The Bertz CT molecular complexity index is 240. The minimum Gasteiger partial charge on any atom is -0.494 e. The van der Waals surface area contributed by atoms with E-state index in [9.17, 15) is 0 Å². The van der Waals surface area contributed by atoms with Crippen LogP contribution < -0.4 is 0 Å². The average Bonchev–Trinajstić information content (AvgIpc) is 2.27. The topological polar surface area (TPSA) is 38.7 Å². The van der Waals surface area contributed by atoms with Crippen molar-refractivity contribution in [1.29, 1.82) is 0 Å². The Labute approximate surface area is 98.4 Å². The second-order valence-corrected chi connectivity index (χ2v) is 3.00. The van der Waals surface area contributed by atoms with Crippen LogP contribution >= 0.6 is 0 Å². The summed E-state index contributed by atoms with van der Waals surface area (Å²) in [5, 5.41) is 8.16. The van der Waals surface area contributed by atoms with Crippen molar-refractivity contribution in [2.24, 2.45) is 0 Å². The molecule has 0 bridgehead atoms. The number of hydrogen-bond donors (Lipinski definition) is 1. The molecule has 0 aliphatic carbocycles. The van der Waals surface area contributed by atoms with Crippen molar-refractivity contribution in [1.82, 2.24) is 0 Å². The first-order valence-corrected chi connectivity index (χ1v) is 5.02. The van der Waals surface area contributed by atoms with Crippen LogP contribution in [0.5, 0.6) is 0 Å². The smallest absolute Gasteiger partial charge is 0.186 e. The van der Waals surface area contributed by atoms with Crippen LogP contribution in [0.4, 0.5) is 0 Å². The maximum atomic E-state index is 8.16. The minimum atomic E-state index is -0.328. The Morgan fingerprint density at radius 1 is 1.25 bits per heavy atom. The Morgan fingerprint density at radius 3 is 2.06 bits per heavy atom. The molecule has 0 rings (SSSR count). The summed E-state index contributed by atoms with van der Waals surface area (Å²) in [6.45, 7) is 18.3. The van der Waals surface area contributed by atoms with Gasteiger partial charge in [0.05, 0.1) is 6.61 Å². The van der Waals surface area contributed by atoms with Crippen molar-refractivity contribution >= 4 is 0 Å². The summed E-state index contributed by atoms with van der Waals surface area (Å²) in [4.78, 5) is 0. The molecule has 0 aliphatic heterocycles. The third-order valence-electron chi connectivity index (χ3n) is 1.43. The van der Waals surface area contributed by atoms with Crippen molar-refractivity contribution in [3.63, 3.8) is 0 Å². The van der Waals surface area contributed by atoms with Gasteiger partial charge in [0.2, 0.25) is 0 Å². The number of hydrogen-bond acceptors (Lipinski definition) is 3. The van der Waals surface area contributed by atoms with Gasteiger partial charge in [0.25, 0.3) is 0 Å². The molecule has 3 nitrogen and oxygen atoms in total. The van der Waals surface area contributed by atoms with Crippen molar-refractivity contribution in [2.45, 2.75) is 20.3 Å². The molecule has 0 spiro atoms. The van der Waals surface area contributed by atoms with Gasteiger partial charge in [-0.1, -0.05) is 33.2 Å². The van der Waals surface area contributed by atoms with Crippen molar-refractivity contribution < 1.29 is 14.6 Å². The molecule has 16 heavy (non-hydrogen) atoms. The molecule has 0 radical (unpaired) electrons. The molecule has 3 heteroatoms. The molecule has 92 valence electrons. The Hall–Kier alpha value is -1.48. The van der Waals surface area contributed by atoms with Gasteiger partial charge in [0.1, 0.15) is 11.5 Å². The summed E-state index contributed by atoms with van der Waals surface area (Å²) in [5.74, 6) is 1.10. The van der Waals surface area contributed by atoms with Crippen LogP contribution in [0.1, 0.15) is 20.3 Å². The van der Waals surface area contributed by atoms with Gasteiger partial charge in [0.15, 0.2) is 6.79 Å². The second kappa shape index (κ2) is 11.6. The SMILES string of the molecule is C=C(C)C(=C)OCO.C=CC(=C)OCCC. The van der Waals surface area contributed by atoms with E-state index in [0.717, 1.165) is 18.6 Å². The third-order valence-corrected chi connectivity index (χ3v) is 1.43.